The molecule has 0 fully saturated rings. The summed E-state index contributed by atoms with van der Waals surface area (Å²) in [5.74, 6) is -2.31. The molecule has 0 unspecified atom stereocenters. The number of H-pyrrole nitrogens is 1. The second-order valence-corrected chi connectivity index (χ2v) is 7.72. The fourth-order valence-corrected chi connectivity index (χ4v) is 3.68. The number of amides is 1. The largest absolute Gasteiger partial charge is 0.480 e. The molecule has 9 heteroatoms. The van der Waals surface area contributed by atoms with Crippen LogP contribution in [0.5, 0.6) is 0 Å². The maximum atomic E-state index is 12.8. The van der Waals surface area contributed by atoms with Crippen LogP contribution in [0.3, 0.4) is 0 Å². The summed E-state index contributed by atoms with van der Waals surface area (Å²) in [7, 11) is 0. The van der Waals surface area contributed by atoms with Gasteiger partial charge < -0.3 is 26.9 Å². The van der Waals surface area contributed by atoms with Crippen molar-refractivity contribution in [1.29, 1.82) is 0 Å². The predicted octanol–water partition coefficient (Wildman–Crippen LogP) is 1.79. The third kappa shape index (κ3) is 6.32. The summed E-state index contributed by atoms with van der Waals surface area (Å²) in [6.07, 6.45) is 0.457. The standard InChI is InChI=1S/C25H27N5O4/c26-25(27)28-15-7-12-20(24(33)34)30-23(32)18-13-14-19(29-22(18)31)21(16-8-3-1-4-9-16)17-10-5-2-6-11-17/h1-6,8-11,13-14,20-21H,7,12,15H2,(H,29,31)(H,30,32)(H,33,34)(H4,26,27,28)/t20-/m0/s1. The number of rotatable bonds is 10. The van der Waals surface area contributed by atoms with E-state index in [1.54, 1.807) is 6.07 Å². The van der Waals surface area contributed by atoms with Crippen LogP contribution in [0.2, 0.25) is 0 Å². The van der Waals surface area contributed by atoms with Gasteiger partial charge in [-0.1, -0.05) is 60.7 Å². The average Bonchev–Trinajstić information content (AvgIpc) is 2.82. The highest BCUT2D eigenvalue weighted by molar-refractivity contribution is 5.96. The van der Waals surface area contributed by atoms with E-state index in [2.05, 4.69) is 15.3 Å². The van der Waals surface area contributed by atoms with Gasteiger partial charge >= 0.3 is 5.97 Å². The van der Waals surface area contributed by atoms with E-state index in [0.717, 1.165) is 11.1 Å². The SMILES string of the molecule is NC(N)=NCCC[C@H](NC(=O)c1ccc(C(c2ccccc2)c2ccccc2)[nH]c1=O)C(=O)O. The summed E-state index contributed by atoms with van der Waals surface area (Å²) < 4.78 is 0. The van der Waals surface area contributed by atoms with Crippen LogP contribution in [-0.4, -0.2) is 40.5 Å². The van der Waals surface area contributed by atoms with E-state index < -0.39 is 23.5 Å². The number of carbonyl (C=O) groups excluding carboxylic acids is 1. The highest BCUT2D eigenvalue weighted by Gasteiger charge is 2.23. The molecule has 1 heterocycles. The van der Waals surface area contributed by atoms with Crippen LogP contribution in [0.25, 0.3) is 0 Å². The number of hydrogen-bond donors (Lipinski definition) is 5. The van der Waals surface area contributed by atoms with Gasteiger partial charge in [0.15, 0.2) is 5.96 Å². The van der Waals surface area contributed by atoms with Gasteiger partial charge in [-0.25, -0.2) is 4.79 Å². The second-order valence-electron chi connectivity index (χ2n) is 7.72. The van der Waals surface area contributed by atoms with Crippen molar-refractivity contribution in [2.75, 3.05) is 6.54 Å². The smallest absolute Gasteiger partial charge is 0.326 e. The van der Waals surface area contributed by atoms with Crippen molar-refractivity contribution < 1.29 is 14.7 Å². The Kier molecular flexibility index (Phi) is 8.17. The minimum atomic E-state index is -1.21. The molecule has 2 aromatic carbocycles. The summed E-state index contributed by atoms with van der Waals surface area (Å²) in [4.78, 5) is 43.7. The number of aliphatic carboxylic acids is 1. The number of pyridine rings is 1. The van der Waals surface area contributed by atoms with Gasteiger partial charge in [-0.2, -0.15) is 0 Å². The maximum Gasteiger partial charge on any atom is 0.326 e. The number of aromatic amines is 1. The van der Waals surface area contributed by atoms with Crippen molar-refractivity contribution >= 4 is 17.8 Å². The number of nitrogens with two attached hydrogens (primary N) is 2. The molecule has 0 spiro atoms. The van der Waals surface area contributed by atoms with E-state index in [1.807, 2.05) is 60.7 Å². The number of hydrogen-bond acceptors (Lipinski definition) is 4. The van der Waals surface area contributed by atoms with Crippen LogP contribution in [-0.2, 0) is 4.79 Å². The lowest BCUT2D eigenvalue weighted by molar-refractivity contribution is -0.139. The lowest BCUT2D eigenvalue weighted by Crippen LogP contribution is -2.42. The quantitative estimate of drug-likeness (QED) is 0.175. The van der Waals surface area contributed by atoms with Gasteiger partial charge in [-0.3, -0.25) is 14.6 Å². The summed E-state index contributed by atoms with van der Waals surface area (Å²) in [6, 6.07) is 21.3. The first kappa shape index (κ1) is 24.2. The first-order valence-electron chi connectivity index (χ1n) is 10.8. The molecular formula is C25H27N5O4. The van der Waals surface area contributed by atoms with E-state index in [-0.39, 0.29) is 30.4 Å². The molecule has 7 N–H and O–H groups in total. The summed E-state index contributed by atoms with van der Waals surface area (Å²) in [5, 5.41) is 11.8. The zero-order chi connectivity index (χ0) is 24.5. The minimum absolute atomic E-state index is 0.0909. The van der Waals surface area contributed by atoms with Crippen LogP contribution in [0.1, 0.15) is 45.9 Å². The number of carboxylic acid groups (broad SMARTS) is 1. The van der Waals surface area contributed by atoms with Crippen LogP contribution >= 0.6 is 0 Å². The molecule has 0 aliphatic rings. The van der Waals surface area contributed by atoms with Crippen molar-refractivity contribution in [1.82, 2.24) is 10.3 Å². The molecule has 0 aliphatic heterocycles. The van der Waals surface area contributed by atoms with Crippen LogP contribution in [0.15, 0.2) is 82.6 Å². The number of carbonyl (C=O) groups is 2. The Balaban J connectivity index is 1.82. The Morgan fingerprint density at radius 3 is 2.03 bits per heavy atom. The molecule has 1 atom stereocenters. The molecule has 3 aromatic rings. The van der Waals surface area contributed by atoms with Gasteiger partial charge in [0.1, 0.15) is 11.6 Å². The van der Waals surface area contributed by atoms with Gasteiger partial charge in [0.2, 0.25) is 0 Å². The highest BCUT2D eigenvalue weighted by atomic mass is 16.4. The van der Waals surface area contributed by atoms with E-state index in [9.17, 15) is 19.5 Å². The molecule has 1 aromatic heterocycles. The third-order valence-corrected chi connectivity index (χ3v) is 5.30. The van der Waals surface area contributed by atoms with E-state index in [0.29, 0.717) is 12.1 Å². The molecule has 0 saturated carbocycles. The van der Waals surface area contributed by atoms with Gasteiger partial charge in [-0.05, 0) is 36.1 Å². The van der Waals surface area contributed by atoms with Gasteiger partial charge in [0, 0.05) is 18.2 Å². The molecular weight excluding hydrogens is 434 g/mol. The molecule has 0 radical (unpaired) electrons. The molecule has 1 amide bonds. The summed E-state index contributed by atoms with van der Waals surface area (Å²) in [6.45, 7) is 0.234. The molecule has 9 nitrogen and oxygen atoms in total. The molecule has 0 bridgehead atoms. The number of aliphatic imine (C=N–C) groups is 1. The fourth-order valence-electron chi connectivity index (χ4n) is 3.68. The van der Waals surface area contributed by atoms with Gasteiger partial charge in [-0.15, -0.1) is 0 Å². The predicted molar refractivity (Wildman–Crippen MR) is 130 cm³/mol. The number of nitrogens with one attached hydrogen (secondary N) is 2. The minimum Gasteiger partial charge on any atom is -0.480 e. The Bertz CT molecular complexity index is 1170. The maximum absolute atomic E-state index is 12.8. The monoisotopic (exact) mass is 461 g/mol. The summed E-state index contributed by atoms with van der Waals surface area (Å²) in [5.41, 5.74) is 12.3. The zero-order valence-electron chi connectivity index (χ0n) is 18.5. The number of benzene rings is 2. The number of aromatic nitrogens is 1. The molecule has 34 heavy (non-hydrogen) atoms. The number of carboxylic acids is 1. The van der Waals surface area contributed by atoms with Gasteiger partial charge in [0.05, 0.1) is 0 Å². The van der Waals surface area contributed by atoms with Crippen LogP contribution in [0.4, 0.5) is 0 Å². The van der Waals surface area contributed by atoms with E-state index in [1.165, 1.54) is 6.07 Å². The van der Waals surface area contributed by atoms with E-state index in [4.69, 9.17) is 11.5 Å². The molecule has 0 aliphatic carbocycles. The number of nitrogens with zero attached hydrogens (tertiary/aromatic N) is 1. The highest BCUT2D eigenvalue weighted by Crippen LogP contribution is 2.30. The molecule has 176 valence electrons. The normalized spacial score (nSPS) is 11.6. The summed E-state index contributed by atoms with van der Waals surface area (Å²) >= 11 is 0. The van der Waals surface area contributed by atoms with Crippen molar-refractivity contribution in [3.05, 3.63) is 106 Å². The first-order chi connectivity index (χ1) is 16.4. The van der Waals surface area contributed by atoms with Crippen LogP contribution in [0, 0.1) is 0 Å². The number of guanidine groups is 1. The fraction of sp³-hybridized carbons (Fsp3) is 0.200. The Morgan fingerprint density at radius 2 is 1.53 bits per heavy atom. The lowest BCUT2D eigenvalue weighted by Gasteiger charge is -2.19. The Hall–Kier alpha value is -4.40. The first-order valence-corrected chi connectivity index (χ1v) is 10.8. The van der Waals surface area contributed by atoms with Crippen molar-refractivity contribution in [3.8, 4) is 0 Å². The molecule has 3 rings (SSSR count). The average molecular weight is 462 g/mol. The molecule has 0 saturated heterocycles. The Labute approximate surface area is 196 Å². The van der Waals surface area contributed by atoms with Crippen molar-refractivity contribution in [3.63, 3.8) is 0 Å². The topological polar surface area (TPSA) is 164 Å². The third-order valence-electron chi connectivity index (χ3n) is 5.30. The van der Waals surface area contributed by atoms with Crippen molar-refractivity contribution in [2.45, 2.75) is 24.8 Å². The van der Waals surface area contributed by atoms with Crippen molar-refractivity contribution in [2.24, 2.45) is 16.5 Å². The van der Waals surface area contributed by atoms with E-state index >= 15 is 0 Å². The Morgan fingerprint density at radius 1 is 0.941 bits per heavy atom. The van der Waals surface area contributed by atoms with Crippen LogP contribution < -0.4 is 22.3 Å². The lowest BCUT2D eigenvalue weighted by atomic mass is 9.88. The van der Waals surface area contributed by atoms with Gasteiger partial charge in [0.25, 0.3) is 11.5 Å². The zero-order valence-corrected chi connectivity index (χ0v) is 18.5. The second kappa shape index (κ2) is 11.5.